The number of rotatable bonds is 4. The van der Waals surface area contributed by atoms with Crippen LogP contribution in [0, 0.1) is 0 Å². The summed E-state index contributed by atoms with van der Waals surface area (Å²) in [5.41, 5.74) is 1.33. The molecule has 2 unspecified atom stereocenters. The Morgan fingerprint density at radius 2 is 2.21 bits per heavy atom. The lowest BCUT2D eigenvalue weighted by molar-refractivity contribution is 0.243. The van der Waals surface area contributed by atoms with Gasteiger partial charge in [-0.25, -0.2) is 4.98 Å². The third-order valence-electron chi connectivity index (χ3n) is 4.68. The molecule has 0 radical (unpaired) electrons. The molecule has 1 saturated heterocycles. The van der Waals surface area contributed by atoms with E-state index in [1.54, 1.807) is 0 Å². The van der Waals surface area contributed by atoms with Crippen LogP contribution in [0.3, 0.4) is 0 Å². The van der Waals surface area contributed by atoms with E-state index in [9.17, 15) is 0 Å². The highest BCUT2D eigenvalue weighted by atomic mass is 32.1. The Kier molecular flexibility index (Phi) is 3.44. The van der Waals surface area contributed by atoms with Gasteiger partial charge in [-0.15, -0.1) is 11.3 Å². The van der Waals surface area contributed by atoms with Crippen LogP contribution in [0.5, 0.6) is 0 Å². The second-order valence-electron chi connectivity index (χ2n) is 6.52. The van der Waals surface area contributed by atoms with Crippen LogP contribution >= 0.6 is 11.3 Å². The van der Waals surface area contributed by atoms with Gasteiger partial charge in [0.15, 0.2) is 0 Å². The van der Waals surface area contributed by atoms with E-state index in [-0.39, 0.29) is 5.54 Å². The fourth-order valence-electron chi connectivity index (χ4n) is 3.26. The predicted molar refractivity (Wildman–Crippen MR) is 80.7 cm³/mol. The first-order chi connectivity index (χ1) is 9.05. The molecule has 0 spiro atoms. The Balaban J connectivity index is 1.86. The van der Waals surface area contributed by atoms with Gasteiger partial charge in [-0.3, -0.25) is 4.90 Å². The Morgan fingerprint density at radius 1 is 1.47 bits per heavy atom. The predicted octanol–water partition coefficient (Wildman–Crippen LogP) is 2.94. The highest BCUT2D eigenvalue weighted by Gasteiger charge is 2.48. The summed E-state index contributed by atoms with van der Waals surface area (Å²) >= 11 is 1.83. The van der Waals surface area contributed by atoms with Crippen molar-refractivity contribution in [3.8, 4) is 0 Å². The topological polar surface area (TPSA) is 28.2 Å². The monoisotopic (exact) mass is 279 g/mol. The molecule has 1 aliphatic heterocycles. The lowest BCUT2D eigenvalue weighted by atomic mass is 9.97. The Bertz CT molecular complexity index is 452. The summed E-state index contributed by atoms with van der Waals surface area (Å²) in [6.45, 7) is 7.94. The molecule has 0 amide bonds. The van der Waals surface area contributed by atoms with Crippen LogP contribution in [0.1, 0.15) is 56.7 Å². The summed E-state index contributed by atoms with van der Waals surface area (Å²) in [5.74, 6) is 0.525. The minimum Gasteiger partial charge on any atom is -0.307 e. The lowest BCUT2D eigenvalue weighted by Crippen LogP contribution is -2.43. The standard InChI is InChI=1S/C15H25N3S/c1-10(2)13-8-19-14(17-13)15(16-4)7-11(3)18(9-15)12-5-6-12/h8,10-12,16H,5-7,9H2,1-4H3. The molecule has 2 fully saturated rings. The number of aromatic nitrogens is 1. The fourth-order valence-corrected chi connectivity index (χ4v) is 4.45. The number of nitrogens with one attached hydrogen (secondary N) is 1. The molecule has 106 valence electrons. The van der Waals surface area contributed by atoms with E-state index in [1.165, 1.54) is 30.0 Å². The number of likely N-dealkylation sites (N-methyl/N-ethyl adjacent to an activating group) is 1. The minimum absolute atomic E-state index is 0.0831. The Morgan fingerprint density at radius 3 is 2.74 bits per heavy atom. The Labute approximate surface area is 120 Å². The zero-order valence-corrected chi connectivity index (χ0v) is 13.3. The summed E-state index contributed by atoms with van der Waals surface area (Å²) in [7, 11) is 2.10. The van der Waals surface area contributed by atoms with Crippen molar-refractivity contribution in [1.82, 2.24) is 15.2 Å². The fraction of sp³-hybridized carbons (Fsp3) is 0.800. The van der Waals surface area contributed by atoms with Gasteiger partial charge in [-0.05, 0) is 39.2 Å². The van der Waals surface area contributed by atoms with Crippen LogP contribution in [0.15, 0.2) is 5.38 Å². The third-order valence-corrected chi connectivity index (χ3v) is 5.74. The number of hydrogen-bond acceptors (Lipinski definition) is 4. The van der Waals surface area contributed by atoms with Crippen LogP contribution in [-0.2, 0) is 5.54 Å². The van der Waals surface area contributed by atoms with Crippen LogP contribution in [-0.4, -0.2) is 35.6 Å². The highest BCUT2D eigenvalue weighted by molar-refractivity contribution is 7.09. The van der Waals surface area contributed by atoms with E-state index in [2.05, 4.69) is 43.4 Å². The summed E-state index contributed by atoms with van der Waals surface area (Å²) in [6.07, 6.45) is 3.96. The van der Waals surface area contributed by atoms with Crippen molar-refractivity contribution < 1.29 is 0 Å². The van der Waals surface area contributed by atoms with Crippen molar-refractivity contribution in [2.45, 2.75) is 63.6 Å². The van der Waals surface area contributed by atoms with Crippen molar-refractivity contribution in [2.75, 3.05) is 13.6 Å². The largest absolute Gasteiger partial charge is 0.307 e. The van der Waals surface area contributed by atoms with Gasteiger partial charge in [-0.1, -0.05) is 13.8 Å². The van der Waals surface area contributed by atoms with Gasteiger partial charge in [-0.2, -0.15) is 0 Å². The zero-order valence-electron chi connectivity index (χ0n) is 12.4. The van der Waals surface area contributed by atoms with Crippen molar-refractivity contribution >= 4 is 11.3 Å². The first-order valence-corrected chi connectivity index (χ1v) is 8.34. The van der Waals surface area contributed by atoms with Crippen molar-refractivity contribution in [3.05, 3.63) is 16.1 Å². The smallest absolute Gasteiger partial charge is 0.114 e. The summed E-state index contributed by atoms with van der Waals surface area (Å²) in [6, 6.07) is 1.51. The van der Waals surface area contributed by atoms with Gasteiger partial charge in [0.25, 0.3) is 0 Å². The molecule has 0 aromatic carbocycles. The molecule has 1 saturated carbocycles. The maximum atomic E-state index is 4.91. The number of thiazole rings is 1. The zero-order chi connectivity index (χ0) is 13.6. The maximum Gasteiger partial charge on any atom is 0.114 e. The van der Waals surface area contributed by atoms with E-state index in [0.29, 0.717) is 12.0 Å². The average molecular weight is 279 g/mol. The molecular formula is C15H25N3S. The summed E-state index contributed by atoms with van der Waals surface area (Å²) < 4.78 is 0. The SMILES string of the molecule is CNC1(c2nc(C(C)C)cs2)CC(C)N(C2CC2)C1. The van der Waals surface area contributed by atoms with Gasteiger partial charge in [0.2, 0.25) is 0 Å². The minimum atomic E-state index is 0.0831. The number of hydrogen-bond donors (Lipinski definition) is 1. The Hall–Kier alpha value is -0.450. The van der Waals surface area contributed by atoms with Crippen LogP contribution in [0.2, 0.25) is 0 Å². The number of likely N-dealkylation sites (tertiary alicyclic amines) is 1. The number of nitrogens with zero attached hydrogens (tertiary/aromatic N) is 2. The van der Waals surface area contributed by atoms with Crippen LogP contribution in [0.4, 0.5) is 0 Å². The molecule has 1 aromatic rings. The van der Waals surface area contributed by atoms with Crippen LogP contribution < -0.4 is 5.32 Å². The quantitative estimate of drug-likeness (QED) is 0.918. The molecule has 4 heteroatoms. The molecule has 19 heavy (non-hydrogen) atoms. The van der Waals surface area contributed by atoms with Gasteiger partial charge >= 0.3 is 0 Å². The normalized spacial score (nSPS) is 32.4. The van der Waals surface area contributed by atoms with Gasteiger partial charge in [0.05, 0.1) is 11.2 Å². The molecule has 0 bridgehead atoms. The van der Waals surface area contributed by atoms with Gasteiger partial charge in [0.1, 0.15) is 5.01 Å². The molecular weight excluding hydrogens is 254 g/mol. The van der Waals surface area contributed by atoms with Gasteiger partial charge in [0, 0.05) is 24.0 Å². The molecule has 1 N–H and O–H groups in total. The maximum absolute atomic E-state index is 4.91. The first kappa shape index (κ1) is 13.5. The van der Waals surface area contributed by atoms with Crippen molar-refractivity contribution in [1.29, 1.82) is 0 Å². The second kappa shape index (κ2) is 4.83. The lowest BCUT2D eigenvalue weighted by Gasteiger charge is -2.27. The van der Waals surface area contributed by atoms with Crippen molar-refractivity contribution in [3.63, 3.8) is 0 Å². The van der Waals surface area contributed by atoms with E-state index < -0.39 is 0 Å². The molecule has 2 heterocycles. The first-order valence-electron chi connectivity index (χ1n) is 7.46. The molecule has 1 aromatic heterocycles. The van der Waals surface area contributed by atoms with E-state index in [0.717, 1.165) is 12.6 Å². The second-order valence-corrected chi connectivity index (χ2v) is 7.38. The van der Waals surface area contributed by atoms with E-state index in [1.807, 2.05) is 11.3 Å². The average Bonchev–Trinajstić information content (AvgIpc) is 2.98. The van der Waals surface area contributed by atoms with E-state index in [4.69, 9.17) is 4.98 Å². The van der Waals surface area contributed by atoms with Crippen molar-refractivity contribution in [2.24, 2.45) is 0 Å². The molecule has 3 nitrogen and oxygen atoms in total. The third kappa shape index (κ3) is 2.34. The summed E-state index contributed by atoms with van der Waals surface area (Å²) in [4.78, 5) is 7.60. The molecule has 2 aliphatic rings. The van der Waals surface area contributed by atoms with Crippen LogP contribution in [0.25, 0.3) is 0 Å². The summed E-state index contributed by atoms with van der Waals surface area (Å²) in [5, 5.41) is 7.12. The van der Waals surface area contributed by atoms with Gasteiger partial charge < -0.3 is 5.32 Å². The molecule has 2 atom stereocenters. The molecule has 1 aliphatic carbocycles. The van der Waals surface area contributed by atoms with E-state index >= 15 is 0 Å². The molecule has 3 rings (SSSR count). The highest BCUT2D eigenvalue weighted by Crippen LogP contribution is 2.42.